The zero-order valence-corrected chi connectivity index (χ0v) is 9.67. The van der Waals surface area contributed by atoms with E-state index in [-0.39, 0.29) is 5.75 Å². The van der Waals surface area contributed by atoms with Crippen LogP contribution in [0.25, 0.3) is 11.6 Å². The number of aromatic hydroxyl groups is 1. The van der Waals surface area contributed by atoms with Gasteiger partial charge in [-0.15, -0.1) is 0 Å². The molecule has 0 fully saturated rings. The fourth-order valence-corrected chi connectivity index (χ4v) is 1.58. The van der Waals surface area contributed by atoms with Gasteiger partial charge in [0.05, 0.1) is 11.6 Å². The Hall–Kier alpha value is -2.73. The predicted octanol–water partition coefficient (Wildman–Crippen LogP) is 3.04. The summed E-state index contributed by atoms with van der Waals surface area (Å²) in [7, 11) is 0. The first kappa shape index (κ1) is 11.7. The van der Waals surface area contributed by atoms with E-state index < -0.39 is 0 Å². The summed E-state index contributed by atoms with van der Waals surface area (Å²) in [6.07, 6.45) is 1.77. The molecule has 0 atom stereocenters. The molecule has 0 aliphatic rings. The molecule has 0 spiro atoms. The number of benzene rings is 2. The molecule has 0 saturated carbocycles. The molecular weight excluding hydrogens is 224 g/mol. The van der Waals surface area contributed by atoms with E-state index in [9.17, 15) is 5.11 Å². The molecule has 3 N–H and O–H groups in total. The first-order chi connectivity index (χ1) is 8.69. The summed E-state index contributed by atoms with van der Waals surface area (Å²) >= 11 is 0. The van der Waals surface area contributed by atoms with E-state index in [4.69, 9.17) is 11.0 Å². The van der Waals surface area contributed by atoms with Gasteiger partial charge in [0.25, 0.3) is 0 Å². The van der Waals surface area contributed by atoms with Crippen LogP contribution in [0.1, 0.15) is 11.1 Å². The van der Waals surface area contributed by atoms with Gasteiger partial charge in [-0.05, 0) is 41.5 Å². The van der Waals surface area contributed by atoms with Gasteiger partial charge in [-0.2, -0.15) is 5.26 Å². The molecule has 2 aromatic rings. The Kier molecular flexibility index (Phi) is 3.31. The van der Waals surface area contributed by atoms with Gasteiger partial charge >= 0.3 is 0 Å². The standard InChI is InChI=1S/C15H12N2O/c16-10-13(12-3-5-14(17)6-4-12)9-11-1-7-15(18)8-2-11/h1-9,18H,17H2. The Morgan fingerprint density at radius 3 is 2.22 bits per heavy atom. The molecule has 0 saturated heterocycles. The Balaban J connectivity index is 2.37. The third kappa shape index (κ3) is 2.69. The topological polar surface area (TPSA) is 70.0 Å². The van der Waals surface area contributed by atoms with Crippen LogP contribution in [0.4, 0.5) is 5.69 Å². The lowest BCUT2D eigenvalue weighted by atomic mass is 10.0. The lowest BCUT2D eigenvalue weighted by molar-refractivity contribution is 0.475. The minimum absolute atomic E-state index is 0.207. The highest BCUT2D eigenvalue weighted by molar-refractivity contribution is 5.89. The molecule has 2 rings (SSSR count). The first-order valence-corrected chi connectivity index (χ1v) is 5.46. The van der Waals surface area contributed by atoms with Crippen molar-refractivity contribution >= 4 is 17.3 Å². The summed E-state index contributed by atoms with van der Waals surface area (Å²) in [5.41, 5.74) is 8.51. The number of nitrogens with zero attached hydrogens (tertiary/aromatic N) is 1. The molecule has 0 aliphatic carbocycles. The first-order valence-electron chi connectivity index (χ1n) is 5.46. The van der Waals surface area contributed by atoms with E-state index in [0.717, 1.165) is 11.1 Å². The molecule has 0 aliphatic heterocycles. The van der Waals surface area contributed by atoms with E-state index in [2.05, 4.69) is 6.07 Å². The summed E-state index contributed by atoms with van der Waals surface area (Å²) in [5.74, 6) is 0.207. The van der Waals surface area contributed by atoms with Crippen molar-refractivity contribution in [2.45, 2.75) is 0 Å². The maximum atomic E-state index is 9.20. The smallest absolute Gasteiger partial charge is 0.115 e. The van der Waals surface area contributed by atoms with Crippen LogP contribution in [0.2, 0.25) is 0 Å². The number of nitrogen functional groups attached to an aromatic ring is 1. The maximum absolute atomic E-state index is 9.20. The van der Waals surface area contributed by atoms with Gasteiger partial charge in [-0.3, -0.25) is 0 Å². The molecule has 0 bridgehead atoms. The van der Waals surface area contributed by atoms with Crippen molar-refractivity contribution in [3.63, 3.8) is 0 Å². The van der Waals surface area contributed by atoms with E-state index >= 15 is 0 Å². The minimum Gasteiger partial charge on any atom is -0.508 e. The van der Waals surface area contributed by atoms with Gasteiger partial charge in [0.15, 0.2) is 0 Å². The van der Waals surface area contributed by atoms with Crippen LogP contribution in [-0.2, 0) is 0 Å². The number of hydrogen-bond donors (Lipinski definition) is 2. The number of hydrogen-bond acceptors (Lipinski definition) is 3. The highest BCUT2D eigenvalue weighted by atomic mass is 16.3. The van der Waals surface area contributed by atoms with Gasteiger partial charge in [-0.1, -0.05) is 24.3 Å². The molecule has 0 aromatic heterocycles. The number of rotatable bonds is 2. The Bertz CT molecular complexity index is 604. The molecule has 0 radical (unpaired) electrons. The minimum atomic E-state index is 0.207. The molecule has 3 heteroatoms. The van der Waals surface area contributed by atoms with Crippen molar-refractivity contribution in [3.8, 4) is 11.8 Å². The van der Waals surface area contributed by atoms with Crippen LogP contribution in [0.3, 0.4) is 0 Å². The van der Waals surface area contributed by atoms with Crippen molar-refractivity contribution in [2.75, 3.05) is 5.73 Å². The molecule has 2 aromatic carbocycles. The summed E-state index contributed by atoms with van der Waals surface area (Å²) in [6, 6.07) is 16.0. The molecule has 0 unspecified atom stereocenters. The number of allylic oxidation sites excluding steroid dienone is 1. The van der Waals surface area contributed by atoms with Crippen molar-refractivity contribution in [2.24, 2.45) is 0 Å². The third-order valence-electron chi connectivity index (χ3n) is 2.55. The van der Waals surface area contributed by atoms with E-state index in [1.165, 1.54) is 0 Å². The molecule has 0 amide bonds. The van der Waals surface area contributed by atoms with Crippen LogP contribution < -0.4 is 5.73 Å². The summed E-state index contributed by atoms with van der Waals surface area (Å²) in [6.45, 7) is 0. The number of phenolic OH excluding ortho intramolecular Hbond substituents is 1. The van der Waals surface area contributed by atoms with Crippen molar-refractivity contribution in [1.29, 1.82) is 5.26 Å². The van der Waals surface area contributed by atoms with Gasteiger partial charge in [0.1, 0.15) is 5.75 Å². The normalized spacial score (nSPS) is 10.9. The Morgan fingerprint density at radius 2 is 1.67 bits per heavy atom. The van der Waals surface area contributed by atoms with Crippen LogP contribution in [-0.4, -0.2) is 5.11 Å². The fourth-order valence-electron chi connectivity index (χ4n) is 1.58. The Morgan fingerprint density at radius 1 is 1.06 bits per heavy atom. The van der Waals surface area contributed by atoms with Crippen LogP contribution in [0.5, 0.6) is 5.75 Å². The van der Waals surface area contributed by atoms with Crippen LogP contribution >= 0.6 is 0 Å². The second-order valence-electron chi connectivity index (χ2n) is 3.88. The number of nitriles is 1. The molecular formula is C15H12N2O. The largest absolute Gasteiger partial charge is 0.508 e. The number of phenols is 1. The molecule has 3 nitrogen and oxygen atoms in total. The average Bonchev–Trinajstić information content (AvgIpc) is 2.39. The average molecular weight is 236 g/mol. The fraction of sp³-hybridized carbons (Fsp3) is 0. The molecule has 0 heterocycles. The zero-order valence-electron chi connectivity index (χ0n) is 9.67. The maximum Gasteiger partial charge on any atom is 0.115 e. The van der Waals surface area contributed by atoms with Gasteiger partial charge in [0.2, 0.25) is 0 Å². The van der Waals surface area contributed by atoms with E-state index in [0.29, 0.717) is 11.3 Å². The van der Waals surface area contributed by atoms with E-state index in [1.54, 1.807) is 42.5 Å². The second kappa shape index (κ2) is 5.07. The summed E-state index contributed by atoms with van der Waals surface area (Å²) < 4.78 is 0. The lowest BCUT2D eigenvalue weighted by Crippen LogP contribution is -1.86. The number of nitrogens with two attached hydrogens (primary N) is 1. The summed E-state index contributed by atoms with van der Waals surface area (Å²) in [5, 5.41) is 18.4. The highest BCUT2D eigenvalue weighted by Gasteiger charge is 2.00. The van der Waals surface area contributed by atoms with Crippen LogP contribution in [0.15, 0.2) is 48.5 Å². The highest BCUT2D eigenvalue weighted by Crippen LogP contribution is 2.20. The quantitative estimate of drug-likeness (QED) is 0.478. The second-order valence-corrected chi connectivity index (χ2v) is 3.88. The summed E-state index contributed by atoms with van der Waals surface area (Å²) in [4.78, 5) is 0. The van der Waals surface area contributed by atoms with Gasteiger partial charge in [-0.25, -0.2) is 0 Å². The lowest BCUT2D eigenvalue weighted by Gasteiger charge is -2.01. The van der Waals surface area contributed by atoms with Gasteiger partial charge in [0, 0.05) is 5.69 Å². The Labute approximate surface area is 105 Å². The van der Waals surface area contributed by atoms with Gasteiger partial charge < -0.3 is 10.8 Å². The van der Waals surface area contributed by atoms with Crippen molar-refractivity contribution in [1.82, 2.24) is 0 Å². The van der Waals surface area contributed by atoms with E-state index in [1.807, 2.05) is 12.1 Å². The number of anilines is 1. The third-order valence-corrected chi connectivity index (χ3v) is 2.55. The SMILES string of the molecule is N#CC(=Cc1ccc(O)cc1)c1ccc(N)cc1. The zero-order chi connectivity index (χ0) is 13.0. The molecule has 88 valence electrons. The van der Waals surface area contributed by atoms with Crippen molar-refractivity contribution < 1.29 is 5.11 Å². The molecule has 18 heavy (non-hydrogen) atoms. The predicted molar refractivity (Wildman–Crippen MR) is 72.4 cm³/mol. The monoisotopic (exact) mass is 236 g/mol. The van der Waals surface area contributed by atoms with Crippen LogP contribution in [0, 0.1) is 11.3 Å². The van der Waals surface area contributed by atoms with Crippen molar-refractivity contribution in [3.05, 3.63) is 59.7 Å².